The molecule has 1 aliphatic rings. The van der Waals surface area contributed by atoms with Gasteiger partial charge in [-0.25, -0.2) is 0 Å². The monoisotopic (exact) mass is 293 g/mol. The van der Waals surface area contributed by atoms with E-state index in [0.29, 0.717) is 6.04 Å². The number of rotatable bonds is 7. The Morgan fingerprint density at radius 3 is 2.62 bits per heavy atom. The average Bonchev–Trinajstić information content (AvgIpc) is 2.72. The van der Waals surface area contributed by atoms with Crippen molar-refractivity contribution in [2.45, 2.75) is 58.9 Å². The van der Waals surface area contributed by atoms with Crippen molar-refractivity contribution < 1.29 is 4.74 Å². The fourth-order valence-electron chi connectivity index (χ4n) is 3.33. The molecule has 1 unspecified atom stereocenters. The summed E-state index contributed by atoms with van der Waals surface area (Å²) in [6.45, 7) is 9.53. The van der Waals surface area contributed by atoms with Gasteiger partial charge in [-0.2, -0.15) is 5.10 Å². The number of hydrogen-bond donors (Lipinski definition) is 1. The molecule has 1 N–H and O–H groups in total. The van der Waals surface area contributed by atoms with E-state index in [1.807, 2.05) is 11.7 Å². The van der Waals surface area contributed by atoms with Crippen LogP contribution in [0.25, 0.3) is 0 Å². The standard InChI is InChI=1S/C17H31N3O/c1-5-8-18-16(11-15-6-9-21-10-7-15)12-17-13(2)19-20(4)14(17)3/h15-16,18H,5-12H2,1-4H3. The zero-order valence-electron chi connectivity index (χ0n) is 14.1. The summed E-state index contributed by atoms with van der Waals surface area (Å²) in [7, 11) is 2.04. The summed E-state index contributed by atoms with van der Waals surface area (Å²) < 4.78 is 7.50. The number of aromatic nitrogens is 2. The molecular weight excluding hydrogens is 262 g/mol. The van der Waals surface area contributed by atoms with Gasteiger partial charge in [-0.15, -0.1) is 0 Å². The number of nitrogens with zero attached hydrogens (tertiary/aromatic N) is 2. The lowest BCUT2D eigenvalue weighted by Gasteiger charge is -2.27. The second-order valence-electron chi connectivity index (χ2n) is 6.42. The first-order valence-corrected chi connectivity index (χ1v) is 8.42. The van der Waals surface area contributed by atoms with Gasteiger partial charge in [0.25, 0.3) is 0 Å². The third-order valence-electron chi connectivity index (χ3n) is 4.75. The Balaban J connectivity index is 2.00. The zero-order valence-corrected chi connectivity index (χ0v) is 14.1. The van der Waals surface area contributed by atoms with E-state index in [9.17, 15) is 0 Å². The fraction of sp³-hybridized carbons (Fsp3) is 0.824. The fourth-order valence-corrected chi connectivity index (χ4v) is 3.33. The van der Waals surface area contributed by atoms with Gasteiger partial charge >= 0.3 is 0 Å². The third-order valence-corrected chi connectivity index (χ3v) is 4.75. The lowest BCUT2D eigenvalue weighted by atomic mass is 9.89. The molecule has 1 aliphatic heterocycles. The Morgan fingerprint density at radius 2 is 2.05 bits per heavy atom. The molecule has 1 atom stereocenters. The van der Waals surface area contributed by atoms with E-state index in [1.54, 1.807) is 0 Å². The van der Waals surface area contributed by atoms with Gasteiger partial charge in [-0.05, 0) is 64.0 Å². The van der Waals surface area contributed by atoms with Gasteiger partial charge in [0.1, 0.15) is 0 Å². The minimum absolute atomic E-state index is 0.564. The van der Waals surface area contributed by atoms with E-state index in [2.05, 4.69) is 31.2 Å². The molecule has 1 aromatic rings. The van der Waals surface area contributed by atoms with Crippen molar-refractivity contribution >= 4 is 0 Å². The largest absolute Gasteiger partial charge is 0.381 e. The average molecular weight is 293 g/mol. The van der Waals surface area contributed by atoms with E-state index in [4.69, 9.17) is 4.74 Å². The van der Waals surface area contributed by atoms with Crippen LogP contribution >= 0.6 is 0 Å². The molecule has 0 radical (unpaired) electrons. The maximum atomic E-state index is 5.49. The van der Waals surface area contributed by atoms with Crippen LogP contribution in [0.15, 0.2) is 0 Å². The van der Waals surface area contributed by atoms with Crippen molar-refractivity contribution in [1.82, 2.24) is 15.1 Å². The molecule has 0 aromatic carbocycles. The molecule has 0 aliphatic carbocycles. The highest BCUT2D eigenvalue weighted by atomic mass is 16.5. The minimum Gasteiger partial charge on any atom is -0.381 e. The second-order valence-corrected chi connectivity index (χ2v) is 6.42. The Labute approximate surface area is 129 Å². The first-order chi connectivity index (χ1) is 10.1. The van der Waals surface area contributed by atoms with Crippen LogP contribution in [-0.4, -0.2) is 35.6 Å². The summed E-state index contributed by atoms with van der Waals surface area (Å²) in [5.74, 6) is 0.811. The van der Waals surface area contributed by atoms with Gasteiger partial charge < -0.3 is 10.1 Å². The minimum atomic E-state index is 0.564. The summed E-state index contributed by atoms with van der Waals surface area (Å²) in [6.07, 6.45) is 5.99. The van der Waals surface area contributed by atoms with Gasteiger partial charge in [-0.3, -0.25) is 4.68 Å². The Hall–Kier alpha value is -0.870. The summed E-state index contributed by atoms with van der Waals surface area (Å²) in [5.41, 5.74) is 3.92. The molecule has 4 heteroatoms. The first kappa shape index (κ1) is 16.5. The lowest BCUT2D eigenvalue weighted by molar-refractivity contribution is 0.0605. The van der Waals surface area contributed by atoms with E-state index in [1.165, 1.54) is 42.6 Å². The molecule has 1 saturated heterocycles. The van der Waals surface area contributed by atoms with Crippen LogP contribution in [0.2, 0.25) is 0 Å². The molecule has 0 bridgehead atoms. The quantitative estimate of drug-likeness (QED) is 0.840. The van der Waals surface area contributed by atoms with Crippen molar-refractivity contribution in [1.29, 1.82) is 0 Å². The Bertz CT molecular complexity index is 435. The van der Waals surface area contributed by atoms with Crippen molar-refractivity contribution in [2.75, 3.05) is 19.8 Å². The highest BCUT2D eigenvalue weighted by Crippen LogP contribution is 2.23. The highest BCUT2D eigenvalue weighted by Gasteiger charge is 2.21. The highest BCUT2D eigenvalue weighted by molar-refractivity contribution is 5.25. The molecule has 120 valence electrons. The van der Waals surface area contributed by atoms with Crippen LogP contribution < -0.4 is 5.32 Å². The van der Waals surface area contributed by atoms with Crippen LogP contribution in [0.3, 0.4) is 0 Å². The SMILES string of the molecule is CCCNC(Cc1c(C)nn(C)c1C)CC1CCOCC1. The van der Waals surface area contributed by atoms with Crippen molar-refractivity contribution in [3.8, 4) is 0 Å². The molecule has 4 nitrogen and oxygen atoms in total. The van der Waals surface area contributed by atoms with Crippen molar-refractivity contribution in [2.24, 2.45) is 13.0 Å². The van der Waals surface area contributed by atoms with Gasteiger partial charge in [0, 0.05) is 32.0 Å². The zero-order chi connectivity index (χ0) is 15.2. The molecule has 0 spiro atoms. The van der Waals surface area contributed by atoms with Gasteiger partial charge in [0.05, 0.1) is 5.69 Å². The summed E-state index contributed by atoms with van der Waals surface area (Å²) in [4.78, 5) is 0. The number of hydrogen-bond acceptors (Lipinski definition) is 3. The topological polar surface area (TPSA) is 39.1 Å². The Kier molecular flexibility index (Phi) is 6.24. The second kappa shape index (κ2) is 7.95. The van der Waals surface area contributed by atoms with E-state index in [-0.39, 0.29) is 0 Å². The predicted octanol–water partition coefficient (Wildman–Crippen LogP) is 2.76. The van der Waals surface area contributed by atoms with E-state index >= 15 is 0 Å². The molecule has 0 amide bonds. The van der Waals surface area contributed by atoms with Gasteiger partial charge in [0.15, 0.2) is 0 Å². The predicted molar refractivity (Wildman–Crippen MR) is 86.6 cm³/mol. The smallest absolute Gasteiger partial charge is 0.0628 e. The maximum absolute atomic E-state index is 5.49. The van der Waals surface area contributed by atoms with Crippen LogP contribution in [0.5, 0.6) is 0 Å². The van der Waals surface area contributed by atoms with Crippen molar-refractivity contribution in [3.63, 3.8) is 0 Å². The first-order valence-electron chi connectivity index (χ1n) is 8.42. The third kappa shape index (κ3) is 4.55. The van der Waals surface area contributed by atoms with E-state index < -0.39 is 0 Å². The van der Waals surface area contributed by atoms with Crippen LogP contribution in [0.1, 0.15) is 49.6 Å². The number of nitrogens with one attached hydrogen (secondary N) is 1. The Morgan fingerprint density at radius 1 is 1.33 bits per heavy atom. The summed E-state index contributed by atoms with van der Waals surface area (Å²) >= 11 is 0. The molecule has 1 aromatic heterocycles. The molecule has 21 heavy (non-hydrogen) atoms. The van der Waals surface area contributed by atoms with E-state index in [0.717, 1.165) is 32.1 Å². The maximum Gasteiger partial charge on any atom is 0.0628 e. The molecule has 0 saturated carbocycles. The molecule has 1 fully saturated rings. The van der Waals surface area contributed by atoms with Crippen LogP contribution in [0.4, 0.5) is 0 Å². The molecular formula is C17H31N3O. The lowest BCUT2D eigenvalue weighted by Crippen LogP contribution is -2.35. The summed E-state index contributed by atoms with van der Waals surface area (Å²) in [6, 6.07) is 0.564. The van der Waals surface area contributed by atoms with Crippen LogP contribution in [-0.2, 0) is 18.2 Å². The summed E-state index contributed by atoms with van der Waals surface area (Å²) in [5, 5.41) is 8.31. The normalized spacial score (nSPS) is 18.1. The van der Waals surface area contributed by atoms with Crippen LogP contribution in [0, 0.1) is 19.8 Å². The number of aryl methyl sites for hydroxylation is 2. The van der Waals surface area contributed by atoms with Gasteiger partial charge in [-0.1, -0.05) is 6.92 Å². The molecule has 2 heterocycles. The van der Waals surface area contributed by atoms with Crippen molar-refractivity contribution in [3.05, 3.63) is 17.0 Å². The van der Waals surface area contributed by atoms with Gasteiger partial charge in [0.2, 0.25) is 0 Å². The molecule has 2 rings (SSSR count). The number of ether oxygens (including phenoxy) is 1.